The monoisotopic (exact) mass is 278 g/mol. The number of thioether (sulfide) groups is 1. The maximum atomic E-state index is 11.9. The molecule has 0 saturated carbocycles. The van der Waals surface area contributed by atoms with Gasteiger partial charge in [-0.2, -0.15) is 11.8 Å². The lowest BCUT2D eigenvalue weighted by Crippen LogP contribution is -2.44. The minimum absolute atomic E-state index is 0.0259. The average molecular weight is 278 g/mol. The first-order valence-corrected chi connectivity index (χ1v) is 8.06. The quantitative estimate of drug-likeness (QED) is 0.864. The van der Waals surface area contributed by atoms with Crippen LogP contribution in [-0.2, 0) is 11.2 Å². The predicted molar refractivity (Wildman–Crippen MR) is 81.2 cm³/mol. The third-order valence-electron chi connectivity index (χ3n) is 3.54. The number of amides is 1. The molecule has 1 saturated heterocycles. The van der Waals surface area contributed by atoms with Crippen molar-refractivity contribution in [2.75, 3.05) is 18.1 Å². The first kappa shape index (κ1) is 14.4. The van der Waals surface area contributed by atoms with Crippen LogP contribution in [0, 0.1) is 5.92 Å². The highest BCUT2D eigenvalue weighted by atomic mass is 32.2. The number of carbonyl (C=O) groups excluding carboxylic acids is 1. The molecule has 0 unspecified atom stereocenters. The molecule has 19 heavy (non-hydrogen) atoms. The molecule has 3 nitrogen and oxygen atoms in total. The van der Waals surface area contributed by atoms with Crippen molar-refractivity contribution in [2.24, 2.45) is 11.7 Å². The number of hydrogen-bond acceptors (Lipinski definition) is 3. The molecule has 0 aromatic heterocycles. The van der Waals surface area contributed by atoms with E-state index in [1.165, 1.54) is 24.3 Å². The molecule has 0 spiro atoms. The molecule has 0 bridgehead atoms. The maximum absolute atomic E-state index is 11.9. The fraction of sp³-hybridized carbons (Fsp3) is 0.533. The Morgan fingerprint density at radius 1 is 1.32 bits per heavy atom. The number of rotatable bonds is 5. The second kappa shape index (κ2) is 7.56. The van der Waals surface area contributed by atoms with Gasteiger partial charge in [0.2, 0.25) is 5.91 Å². The summed E-state index contributed by atoms with van der Waals surface area (Å²) >= 11 is 2.00. The molecule has 3 N–H and O–H groups in total. The van der Waals surface area contributed by atoms with Crippen molar-refractivity contribution in [3.8, 4) is 0 Å². The van der Waals surface area contributed by atoms with Crippen LogP contribution in [0.3, 0.4) is 0 Å². The molecule has 104 valence electrons. The molecule has 1 aliphatic heterocycles. The fourth-order valence-corrected chi connectivity index (χ4v) is 3.49. The van der Waals surface area contributed by atoms with E-state index in [1.807, 2.05) is 42.1 Å². The number of hydrogen-bond donors (Lipinski definition) is 2. The minimum atomic E-state index is -0.444. The first-order chi connectivity index (χ1) is 9.25. The van der Waals surface area contributed by atoms with Gasteiger partial charge in [-0.25, -0.2) is 0 Å². The highest BCUT2D eigenvalue weighted by Crippen LogP contribution is 2.21. The topological polar surface area (TPSA) is 55.1 Å². The van der Waals surface area contributed by atoms with Crippen LogP contribution < -0.4 is 11.1 Å². The Balaban J connectivity index is 1.73. The lowest BCUT2D eigenvalue weighted by molar-refractivity contribution is -0.122. The minimum Gasteiger partial charge on any atom is -0.354 e. The van der Waals surface area contributed by atoms with E-state index in [4.69, 9.17) is 5.73 Å². The van der Waals surface area contributed by atoms with E-state index in [9.17, 15) is 4.79 Å². The standard InChI is InChI=1S/C15H22N2OS/c16-14(10-12-4-2-1-3-5-12)15(18)17-11-13-6-8-19-9-7-13/h1-5,13-14H,6-11,16H2,(H,17,18)/t14-/m1/s1. The fourth-order valence-electron chi connectivity index (χ4n) is 2.29. The van der Waals surface area contributed by atoms with Crippen LogP contribution in [0.1, 0.15) is 18.4 Å². The van der Waals surface area contributed by atoms with Gasteiger partial charge in [-0.3, -0.25) is 4.79 Å². The van der Waals surface area contributed by atoms with E-state index in [1.54, 1.807) is 0 Å². The van der Waals surface area contributed by atoms with Crippen molar-refractivity contribution >= 4 is 17.7 Å². The summed E-state index contributed by atoms with van der Waals surface area (Å²) in [6.07, 6.45) is 3.02. The van der Waals surface area contributed by atoms with Gasteiger partial charge in [0.05, 0.1) is 6.04 Å². The molecule has 1 aromatic rings. The van der Waals surface area contributed by atoms with E-state index in [0.717, 1.165) is 12.1 Å². The Labute approximate surface area is 119 Å². The second-order valence-corrected chi connectivity index (χ2v) is 6.32. The summed E-state index contributed by atoms with van der Waals surface area (Å²) in [5.74, 6) is 3.05. The van der Waals surface area contributed by atoms with E-state index in [0.29, 0.717) is 12.3 Å². The summed E-state index contributed by atoms with van der Waals surface area (Å²) in [6.45, 7) is 0.780. The number of nitrogens with two attached hydrogens (primary N) is 1. The van der Waals surface area contributed by atoms with Crippen LogP contribution in [0.25, 0.3) is 0 Å². The molecule has 2 rings (SSSR count). The van der Waals surface area contributed by atoms with E-state index >= 15 is 0 Å². The van der Waals surface area contributed by atoms with Gasteiger partial charge in [0.15, 0.2) is 0 Å². The van der Waals surface area contributed by atoms with Gasteiger partial charge < -0.3 is 11.1 Å². The molecular weight excluding hydrogens is 256 g/mol. The largest absolute Gasteiger partial charge is 0.354 e. The van der Waals surface area contributed by atoms with Crippen LogP contribution in [0.4, 0.5) is 0 Å². The molecule has 1 fully saturated rings. The van der Waals surface area contributed by atoms with Crippen LogP contribution in [0.2, 0.25) is 0 Å². The molecule has 0 radical (unpaired) electrons. The zero-order chi connectivity index (χ0) is 13.5. The van der Waals surface area contributed by atoms with Gasteiger partial charge in [-0.1, -0.05) is 30.3 Å². The third kappa shape index (κ3) is 4.88. The van der Waals surface area contributed by atoms with Gasteiger partial charge in [0, 0.05) is 6.54 Å². The Kier molecular flexibility index (Phi) is 5.73. The van der Waals surface area contributed by atoms with Crippen molar-refractivity contribution in [1.82, 2.24) is 5.32 Å². The van der Waals surface area contributed by atoms with Gasteiger partial charge >= 0.3 is 0 Å². The maximum Gasteiger partial charge on any atom is 0.237 e. The molecule has 1 aromatic carbocycles. The average Bonchev–Trinajstić information content (AvgIpc) is 2.47. The van der Waals surface area contributed by atoms with Crippen molar-refractivity contribution < 1.29 is 4.79 Å². The normalized spacial score (nSPS) is 17.9. The van der Waals surface area contributed by atoms with Crippen molar-refractivity contribution in [3.05, 3.63) is 35.9 Å². The van der Waals surface area contributed by atoms with Gasteiger partial charge in [-0.15, -0.1) is 0 Å². The lowest BCUT2D eigenvalue weighted by Gasteiger charge is -2.22. The SMILES string of the molecule is N[C@H](Cc1ccccc1)C(=O)NCC1CCSCC1. The molecule has 1 aliphatic rings. The van der Waals surface area contributed by atoms with Crippen LogP contribution >= 0.6 is 11.8 Å². The van der Waals surface area contributed by atoms with E-state index < -0.39 is 6.04 Å². The predicted octanol–water partition coefficient (Wildman–Crippen LogP) is 1.82. The molecule has 1 amide bonds. The number of benzene rings is 1. The second-order valence-electron chi connectivity index (χ2n) is 5.10. The van der Waals surface area contributed by atoms with Crippen molar-refractivity contribution in [3.63, 3.8) is 0 Å². The highest BCUT2D eigenvalue weighted by molar-refractivity contribution is 7.99. The Morgan fingerprint density at radius 3 is 2.68 bits per heavy atom. The van der Waals surface area contributed by atoms with Crippen LogP contribution in [0.15, 0.2) is 30.3 Å². The van der Waals surface area contributed by atoms with Crippen LogP contribution in [0.5, 0.6) is 0 Å². The van der Waals surface area contributed by atoms with Crippen LogP contribution in [-0.4, -0.2) is 30.0 Å². The molecular formula is C15H22N2OS. The Hall–Kier alpha value is -1.00. The number of nitrogens with one attached hydrogen (secondary N) is 1. The third-order valence-corrected chi connectivity index (χ3v) is 4.59. The summed E-state index contributed by atoms with van der Waals surface area (Å²) in [5.41, 5.74) is 7.06. The Morgan fingerprint density at radius 2 is 2.00 bits per heavy atom. The molecule has 0 aliphatic carbocycles. The molecule has 1 heterocycles. The summed E-state index contributed by atoms with van der Waals surface area (Å²) in [4.78, 5) is 11.9. The first-order valence-electron chi connectivity index (χ1n) is 6.90. The highest BCUT2D eigenvalue weighted by Gasteiger charge is 2.17. The molecule has 4 heteroatoms. The van der Waals surface area contributed by atoms with Crippen molar-refractivity contribution in [1.29, 1.82) is 0 Å². The van der Waals surface area contributed by atoms with Gasteiger partial charge in [-0.05, 0) is 42.2 Å². The lowest BCUT2D eigenvalue weighted by atomic mass is 10.0. The van der Waals surface area contributed by atoms with Crippen molar-refractivity contribution in [2.45, 2.75) is 25.3 Å². The summed E-state index contributed by atoms with van der Waals surface area (Å²) < 4.78 is 0. The Bertz CT molecular complexity index is 390. The van der Waals surface area contributed by atoms with E-state index in [-0.39, 0.29) is 5.91 Å². The smallest absolute Gasteiger partial charge is 0.237 e. The zero-order valence-electron chi connectivity index (χ0n) is 11.2. The summed E-state index contributed by atoms with van der Waals surface area (Å²) in [5, 5.41) is 3.00. The summed E-state index contributed by atoms with van der Waals surface area (Å²) in [7, 11) is 0. The zero-order valence-corrected chi connectivity index (χ0v) is 12.0. The van der Waals surface area contributed by atoms with Gasteiger partial charge in [0.1, 0.15) is 0 Å². The van der Waals surface area contributed by atoms with E-state index in [2.05, 4.69) is 5.32 Å². The summed E-state index contributed by atoms with van der Waals surface area (Å²) in [6, 6.07) is 9.48. The number of carbonyl (C=O) groups is 1. The van der Waals surface area contributed by atoms with Gasteiger partial charge in [0.25, 0.3) is 0 Å². The molecule has 1 atom stereocenters.